The van der Waals surface area contributed by atoms with Gasteiger partial charge in [-0.1, -0.05) is 23.2 Å². The van der Waals surface area contributed by atoms with Gasteiger partial charge in [-0.05, 0) is 20.3 Å². The van der Waals surface area contributed by atoms with Crippen molar-refractivity contribution in [2.24, 2.45) is 0 Å². The van der Waals surface area contributed by atoms with Crippen LogP contribution in [0.1, 0.15) is 20.3 Å². The minimum Gasteiger partial charge on any atom is -0.390 e. The minimum absolute atomic E-state index is 0.0394. The highest BCUT2D eigenvalue weighted by Gasteiger charge is 2.14. The van der Waals surface area contributed by atoms with Crippen molar-refractivity contribution in [3.8, 4) is 0 Å². The summed E-state index contributed by atoms with van der Waals surface area (Å²) in [5.74, 6) is 0. The lowest BCUT2D eigenvalue weighted by molar-refractivity contribution is 0.0646. The van der Waals surface area contributed by atoms with Gasteiger partial charge >= 0.3 is 0 Å². The lowest BCUT2D eigenvalue weighted by Crippen LogP contribution is -2.28. The van der Waals surface area contributed by atoms with Crippen LogP contribution < -0.4 is 5.56 Å². The van der Waals surface area contributed by atoms with E-state index in [-0.39, 0.29) is 10.0 Å². The van der Waals surface area contributed by atoms with Gasteiger partial charge in [-0.3, -0.25) is 4.79 Å². The van der Waals surface area contributed by atoms with Gasteiger partial charge < -0.3 is 5.11 Å². The van der Waals surface area contributed by atoms with Crippen LogP contribution in [-0.4, -0.2) is 20.5 Å². The van der Waals surface area contributed by atoms with Crippen LogP contribution in [0.15, 0.2) is 11.0 Å². The number of aromatic nitrogens is 2. The van der Waals surface area contributed by atoms with Gasteiger partial charge in [-0.25, -0.2) is 4.68 Å². The first-order chi connectivity index (χ1) is 6.81. The first-order valence-electron chi connectivity index (χ1n) is 4.45. The van der Waals surface area contributed by atoms with Crippen molar-refractivity contribution >= 4 is 23.2 Å². The summed E-state index contributed by atoms with van der Waals surface area (Å²) < 4.78 is 1.19. The summed E-state index contributed by atoms with van der Waals surface area (Å²) in [5.41, 5.74) is -1.28. The van der Waals surface area contributed by atoms with E-state index in [1.165, 1.54) is 10.9 Å². The van der Waals surface area contributed by atoms with Crippen molar-refractivity contribution in [3.63, 3.8) is 0 Å². The van der Waals surface area contributed by atoms with Gasteiger partial charge in [-0.15, -0.1) is 0 Å². The normalized spacial score (nSPS) is 11.8. The van der Waals surface area contributed by atoms with Crippen LogP contribution in [0, 0.1) is 0 Å². The quantitative estimate of drug-likeness (QED) is 0.889. The monoisotopic (exact) mass is 250 g/mol. The molecule has 0 bridgehead atoms. The molecule has 0 atom stereocenters. The van der Waals surface area contributed by atoms with E-state index in [0.29, 0.717) is 13.0 Å². The fourth-order valence-electron chi connectivity index (χ4n) is 0.984. The number of hydrogen-bond donors (Lipinski definition) is 1. The number of hydrogen-bond acceptors (Lipinski definition) is 3. The molecule has 1 rings (SSSR count). The van der Waals surface area contributed by atoms with E-state index in [1.807, 2.05) is 0 Å². The zero-order valence-corrected chi connectivity index (χ0v) is 10.0. The van der Waals surface area contributed by atoms with Gasteiger partial charge in [0.15, 0.2) is 0 Å². The molecule has 0 aliphatic heterocycles. The number of rotatable bonds is 3. The Bertz CT molecular complexity index is 410. The lowest BCUT2D eigenvalue weighted by Gasteiger charge is -2.16. The Hall–Kier alpha value is -0.580. The zero-order valence-electron chi connectivity index (χ0n) is 8.50. The maximum atomic E-state index is 11.5. The molecule has 4 nitrogen and oxygen atoms in total. The van der Waals surface area contributed by atoms with Crippen LogP contribution in [0.2, 0.25) is 10.0 Å². The van der Waals surface area contributed by atoms with Crippen LogP contribution in [-0.2, 0) is 6.54 Å². The lowest BCUT2D eigenvalue weighted by atomic mass is 10.1. The largest absolute Gasteiger partial charge is 0.390 e. The fraction of sp³-hybridized carbons (Fsp3) is 0.556. The molecule has 0 saturated carbocycles. The number of aliphatic hydroxyl groups is 1. The first-order valence-corrected chi connectivity index (χ1v) is 5.20. The number of aryl methyl sites for hydroxylation is 1. The molecule has 0 radical (unpaired) electrons. The maximum absolute atomic E-state index is 11.5. The van der Waals surface area contributed by atoms with Crippen LogP contribution in [0.3, 0.4) is 0 Å². The second-order valence-electron chi connectivity index (χ2n) is 3.90. The maximum Gasteiger partial charge on any atom is 0.287 e. The topological polar surface area (TPSA) is 55.1 Å². The van der Waals surface area contributed by atoms with E-state index in [9.17, 15) is 9.90 Å². The van der Waals surface area contributed by atoms with E-state index in [0.717, 1.165) is 0 Å². The third kappa shape index (κ3) is 3.48. The summed E-state index contributed by atoms with van der Waals surface area (Å²) in [6, 6.07) is 0. The van der Waals surface area contributed by atoms with Crippen molar-refractivity contribution in [2.75, 3.05) is 0 Å². The predicted octanol–water partition coefficient (Wildman–Crippen LogP) is 1.71. The molecule has 0 spiro atoms. The molecule has 6 heteroatoms. The summed E-state index contributed by atoms with van der Waals surface area (Å²) in [4.78, 5) is 11.5. The van der Waals surface area contributed by atoms with Crippen molar-refractivity contribution < 1.29 is 5.11 Å². The van der Waals surface area contributed by atoms with Gasteiger partial charge in [0.1, 0.15) is 5.02 Å². The second-order valence-corrected chi connectivity index (χ2v) is 4.68. The molecule has 0 aliphatic carbocycles. The summed E-state index contributed by atoms with van der Waals surface area (Å²) in [7, 11) is 0. The zero-order chi connectivity index (χ0) is 11.6. The summed E-state index contributed by atoms with van der Waals surface area (Å²) in [6.07, 6.45) is 1.73. The van der Waals surface area contributed by atoms with Crippen LogP contribution in [0.25, 0.3) is 0 Å². The predicted molar refractivity (Wildman–Crippen MR) is 59.4 cm³/mol. The SMILES string of the molecule is CC(C)(O)CCn1ncc(Cl)c(Cl)c1=O. The highest BCUT2D eigenvalue weighted by Crippen LogP contribution is 2.15. The average molecular weight is 251 g/mol. The summed E-state index contributed by atoms with van der Waals surface area (Å²) in [5, 5.41) is 13.4. The van der Waals surface area contributed by atoms with E-state index in [2.05, 4.69) is 5.10 Å². The number of halogens is 2. The van der Waals surface area contributed by atoms with E-state index < -0.39 is 11.2 Å². The van der Waals surface area contributed by atoms with Crippen molar-refractivity contribution in [3.05, 3.63) is 26.6 Å². The minimum atomic E-state index is -0.840. The molecular formula is C9H12Cl2N2O2. The smallest absolute Gasteiger partial charge is 0.287 e. The molecule has 0 aromatic carbocycles. The third-order valence-corrected chi connectivity index (χ3v) is 2.63. The molecule has 0 amide bonds. The number of nitrogens with zero attached hydrogens (tertiary/aromatic N) is 2. The summed E-state index contributed by atoms with van der Waals surface area (Å²) >= 11 is 11.3. The highest BCUT2D eigenvalue weighted by atomic mass is 35.5. The summed E-state index contributed by atoms with van der Waals surface area (Å²) in [6.45, 7) is 3.63. The molecule has 1 heterocycles. The standard InChI is InChI=1S/C9H12Cl2N2O2/c1-9(2,15)3-4-13-8(14)7(11)6(10)5-12-13/h5,15H,3-4H2,1-2H3. The Morgan fingerprint density at radius 2 is 2.13 bits per heavy atom. The van der Waals surface area contributed by atoms with Gasteiger partial charge in [0.2, 0.25) is 0 Å². The van der Waals surface area contributed by atoms with Crippen molar-refractivity contribution in [1.29, 1.82) is 0 Å². The van der Waals surface area contributed by atoms with Crippen molar-refractivity contribution in [1.82, 2.24) is 9.78 Å². The first kappa shape index (κ1) is 12.5. The van der Waals surface area contributed by atoms with Crippen LogP contribution >= 0.6 is 23.2 Å². The molecule has 1 aromatic rings. The molecule has 0 fully saturated rings. The van der Waals surface area contributed by atoms with Crippen molar-refractivity contribution in [2.45, 2.75) is 32.4 Å². The van der Waals surface area contributed by atoms with Gasteiger partial charge in [0, 0.05) is 6.54 Å². The molecule has 84 valence electrons. The Balaban J connectivity index is 2.89. The van der Waals surface area contributed by atoms with Gasteiger partial charge in [-0.2, -0.15) is 5.10 Å². The molecule has 15 heavy (non-hydrogen) atoms. The molecule has 0 aliphatic rings. The Morgan fingerprint density at radius 3 is 2.67 bits per heavy atom. The Kier molecular flexibility index (Phi) is 3.76. The highest BCUT2D eigenvalue weighted by molar-refractivity contribution is 6.41. The second kappa shape index (κ2) is 4.51. The molecule has 1 aromatic heterocycles. The fourth-order valence-corrected chi connectivity index (χ4v) is 1.25. The van der Waals surface area contributed by atoms with E-state index in [1.54, 1.807) is 13.8 Å². The van der Waals surface area contributed by atoms with E-state index in [4.69, 9.17) is 23.2 Å². The van der Waals surface area contributed by atoms with Crippen LogP contribution in [0.4, 0.5) is 0 Å². The Morgan fingerprint density at radius 1 is 1.53 bits per heavy atom. The molecule has 1 N–H and O–H groups in total. The molecule has 0 unspecified atom stereocenters. The van der Waals surface area contributed by atoms with Gasteiger partial charge in [0.05, 0.1) is 16.8 Å². The van der Waals surface area contributed by atoms with Gasteiger partial charge in [0.25, 0.3) is 5.56 Å². The molecule has 0 saturated heterocycles. The van der Waals surface area contributed by atoms with E-state index >= 15 is 0 Å². The molecular weight excluding hydrogens is 239 g/mol. The Labute approximate surface area is 97.4 Å². The third-order valence-electron chi connectivity index (χ3n) is 1.88. The average Bonchev–Trinajstić information content (AvgIpc) is 2.12. The van der Waals surface area contributed by atoms with Crippen LogP contribution in [0.5, 0.6) is 0 Å².